The fourth-order valence-corrected chi connectivity index (χ4v) is 1.09. The van der Waals surface area contributed by atoms with Crippen LogP contribution in [0.2, 0.25) is 0 Å². The smallest absolute Gasteiger partial charge is 0.477 e. The lowest BCUT2D eigenvalue weighted by molar-refractivity contribution is -0.274. The van der Waals surface area contributed by atoms with Crippen LogP contribution in [0.1, 0.15) is 10.4 Å². The molecule has 0 amide bonds. The number of rotatable bonds is 2. The minimum absolute atomic E-state index is 0.0479. The summed E-state index contributed by atoms with van der Waals surface area (Å²) in [6.07, 6.45) is -4.17. The molecule has 1 N–H and O–H groups in total. The van der Waals surface area contributed by atoms with Gasteiger partial charge in [0.25, 0.3) is 0 Å². The predicted molar refractivity (Wildman–Crippen MR) is 45.6 cm³/mol. The first kappa shape index (κ1) is 11.8. The first-order valence-corrected chi connectivity index (χ1v) is 4.23. The number of carboxylic acids is 1. The Balaban J connectivity index is 3.13. The molecular weight excluding hydrogens is 283 g/mol. The summed E-state index contributed by atoms with van der Waals surface area (Å²) in [5.41, 5.74) is -0.657. The lowest BCUT2D eigenvalue weighted by Gasteiger charge is -2.10. The summed E-state index contributed by atoms with van der Waals surface area (Å²) in [6.45, 7) is 0. The molecule has 0 unspecified atom stereocenters. The highest BCUT2D eigenvalue weighted by atomic mass is 79.9. The molecule has 82 valence electrons. The predicted octanol–water partition coefficient (Wildman–Crippen LogP) is 2.44. The third-order valence-electron chi connectivity index (χ3n) is 1.29. The number of carbonyl (C=O) groups is 1. The zero-order chi connectivity index (χ0) is 11.6. The highest BCUT2D eigenvalue weighted by molar-refractivity contribution is 9.10. The fourth-order valence-electron chi connectivity index (χ4n) is 0.783. The van der Waals surface area contributed by atoms with Crippen LogP contribution in [0.5, 0.6) is 5.75 Å². The van der Waals surface area contributed by atoms with Gasteiger partial charge in [0.2, 0.25) is 0 Å². The highest BCUT2D eigenvalue weighted by Gasteiger charge is 2.33. The van der Waals surface area contributed by atoms with E-state index in [2.05, 4.69) is 25.7 Å². The third-order valence-corrected chi connectivity index (χ3v) is 1.72. The molecule has 0 fully saturated rings. The Bertz CT molecular complexity index is 394. The average molecular weight is 286 g/mol. The van der Waals surface area contributed by atoms with Gasteiger partial charge in [0.15, 0.2) is 0 Å². The van der Waals surface area contributed by atoms with Crippen molar-refractivity contribution >= 4 is 21.9 Å². The van der Waals surface area contributed by atoms with E-state index in [1.165, 1.54) is 0 Å². The normalized spacial score (nSPS) is 11.2. The number of ether oxygens (including phenoxy) is 1. The lowest BCUT2D eigenvalue weighted by Crippen LogP contribution is -2.19. The summed E-state index contributed by atoms with van der Waals surface area (Å²) >= 11 is 2.80. The zero-order valence-electron chi connectivity index (χ0n) is 6.88. The Labute approximate surface area is 89.8 Å². The molecule has 0 atom stereocenters. The van der Waals surface area contributed by atoms with Gasteiger partial charge >= 0.3 is 12.3 Å². The van der Waals surface area contributed by atoms with Gasteiger partial charge in [-0.25, -0.2) is 9.78 Å². The van der Waals surface area contributed by atoms with Gasteiger partial charge in [0, 0.05) is 12.3 Å². The third kappa shape index (κ3) is 3.39. The average Bonchev–Trinajstić information content (AvgIpc) is 1.99. The van der Waals surface area contributed by atoms with Crippen LogP contribution in [-0.4, -0.2) is 22.4 Å². The van der Waals surface area contributed by atoms with E-state index >= 15 is 0 Å². The second kappa shape index (κ2) is 4.05. The first-order chi connectivity index (χ1) is 6.79. The largest absolute Gasteiger partial charge is 0.573 e. The summed E-state index contributed by atoms with van der Waals surface area (Å²) in [5.74, 6) is -2.36. The number of pyridine rings is 1. The number of halogens is 4. The summed E-state index contributed by atoms with van der Waals surface area (Å²) in [4.78, 5) is 14.0. The monoisotopic (exact) mass is 285 g/mol. The summed E-state index contributed by atoms with van der Waals surface area (Å²) in [5, 5.41) is 8.55. The van der Waals surface area contributed by atoms with Crippen LogP contribution < -0.4 is 4.74 Å². The molecule has 0 aliphatic heterocycles. The maximum atomic E-state index is 11.9. The van der Waals surface area contributed by atoms with Crippen molar-refractivity contribution in [2.24, 2.45) is 0 Å². The molecular formula is C7H3BrF3NO3. The number of carboxylic acid groups (broad SMARTS) is 1. The molecule has 0 aliphatic rings. The van der Waals surface area contributed by atoms with Crippen LogP contribution >= 0.6 is 15.9 Å². The lowest BCUT2D eigenvalue weighted by atomic mass is 10.2. The van der Waals surface area contributed by atoms with Crippen molar-refractivity contribution in [1.82, 2.24) is 4.98 Å². The van der Waals surface area contributed by atoms with Crippen LogP contribution in [-0.2, 0) is 0 Å². The zero-order valence-corrected chi connectivity index (χ0v) is 8.46. The van der Waals surface area contributed by atoms with E-state index < -0.39 is 23.6 Å². The molecule has 0 saturated heterocycles. The van der Waals surface area contributed by atoms with Crippen LogP contribution in [0.15, 0.2) is 16.9 Å². The molecule has 1 aromatic heterocycles. The molecule has 4 nitrogen and oxygen atoms in total. The molecule has 0 aliphatic carbocycles. The highest BCUT2D eigenvalue weighted by Crippen LogP contribution is 2.27. The van der Waals surface area contributed by atoms with Gasteiger partial charge in [0.1, 0.15) is 15.9 Å². The number of alkyl halides is 3. The summed E-state index contributed by atoms with van der Waals surface area (Å²) in [7, 11) is 0. The Hall–Kier alpha value is -1.31. The molecule has 1 rings (SSSR count). The molecule has 0 bridgehead atoms. The van der Waals surface area contributed by atoms with Crippen molar-refractivity contribution in [3.8, 4) is 5.75 Å². The number of aromatic carboxylic acids is 1. The van der Waals surface area contributed by atoms with Crippen LogP contribution in [0.3, 0.4) is 0 Å². The van der Waals surface area contributed by atoms with Gasteiger partial charge in [-0.2, -0.15) is 0 Å². The van der Waals surface area contributed by atoms with Gasteiger partial charge in [-0.05, 0) is 15.9 Å². The van der Waals surface area contributed by atoms with E-state index in [0.717, 1.165) is 12.3 Å². The summed E-state index contributed by atoms with van der Waals surface area (Å²) < 4.78 is 39.2. The van der Waals surface area contributed by atoms with E-state index in [0.29, 0.717) is 0 Å². The Morgan fingerprint density at radius 3 is 2.60 bits per heavy atom. The molecule has 0 radical (unpaired) electrons. The van der Waals surface area contributed by atoms with Crippen molar-refractivity contribution in [3.63, 3.8) is 0 Å². The Kier molecular flexibility index (Phi) is 3.18. The minimum atomic E-state index is -4.94. The van der Waals surface area contributed by atoms with Crippen molar-refractivity contribution < 1.29 is 27.8 Å². The van der Waals surface area contributed by atoms with E-state index in [1.54, 1.807) is 0 Å². The maximum absolute atomic E-state index is 11.9. The minimum Gasteiger partial charge on any atom is -0.477 e. The van der Waals surface area contributed by atoms with Gasteiger partial charge in [-0.1, -0.05) is 0 Å². The number of hydrogen-bond acceptors (Lipinski definition) is 3. The molecule has 1 aromatic rings. The topological polar surface area (TPSA) is 59.4 Å². The van der Waals surface area contributed by atoms with E-state index in [9.17, 15) is 18.0 Å². The molecule has 0 spiro atoms. The quantitative estimate of drug-likeness (QED) is 0.848. The van der Waals surface area contributed by atoms with Gasteiger partial charge in [-0.15, -0.1) is 13.2 Å². The van der Waals surface area contributed by atoms with Crippen LogP contribution in [0.4, 0.5) is 13.2 Å². The fraction of sp³-hybridized carbons (Fsp3) is 0.143. The Morgan fingerprint density at radius 2 is 2.13 bits per heavy atom. The second-order valence-corrected chi connectivity index (χ2v) is 3.17. The van der Waals surface area contributed by atoms with Crippen molar-refractivity contribution in [2.45, 2.75) is 6.36 Å². The SMILES string of the molecule is O=C(O)c1cnc(Br)cc1OC(F)(F)F. The van der Waals surface area contributed by atoms with Crippen LogP contribution in [0.25, 0.3) is 0 Å². The van der Waals surface area contributed by atoms with Gasteiger partial charge in [-0.3, -0.25) is 0 Å². The molecule has 0 aromatic carbocycles. The van der Waals surface area contributed by atoms with Crippen LogP contribution in [0, 0.1) is 0 Å². The van der Waals surface area contributed by atoms with Crippen molar-refractivity contribution in [3.05, 3.63) is 22.4 Å². The van der Waals surface area contributed by atoms with E-state index in [-0.39, 0.29) is 4.60 Å². The maximum Gasteiger partial charge on any atom is 0.573 e. The number of hydrogen-bond donors (Lipinski definition) is 1. The molecule has 0 saturated carbocycles. The van der Waals surface area contributed by atoms with E-state index in [4.69, 9.17) is 5.11 Å². The summed E-state index contributed by atoms with van der Waals surface area (Å²) in [6, 6.07) is 0.830. The number of aromatic nitrogens is 1. The van der Waals surface area contributed by atoms with Crippen molar-refractivity contribution in [2.75, 3.05) is 0 Å². The van der Waals surface area contributed by atoms with Crippen molar-refractivity contribution in [1.29, 1.82) is 0 Å². The Morgan fingerprint density at radius 1 is 1.53 bits per heavy atom. The van der Waals surface area contributed by atoms with E-state index in [1.807, 2.05) is 0 Å². The standard InChI is InChI=1S/C7H3BrF3NO3/c8-5-1-4(15-7(9,10)11)3(2-12-5)6(13)14/h1-2H,(H,13,14). The van der Waals surface area contributed by atoms with Gasteiger partial charge < -0.3 is 9.84 Å². The molecule has 15 heavy (non-hydrogen) atoms. The number of nitrogens with zero attached hydrogens (tertiary/aromatic N) is 1. The first-order valence-electron chi connectivity index (χ1n) is 3.44. The van der Waals surface area contributed by atoms with Gasteiger partial charge in [0.05, 0.1) is 0 Å². The second-order valence-electron chi connectivity index (χ2n) is 2.36. The molecule has 1 heterocycles. The molecule has 8 heteroatoms.